The van der Waals surface area contributed by atoms with E-state index in [1.807, 2.05) is 0 Å². The number of hydrogen-bond donors (Lipinski definition) is 0. The minimum atomic E-state index is -7.34. The Labute approximate surface area is 267 Å². The molecule has 0 N–H and O–H groups in total. The van der Waals surface area contributed by atoms with Crippen LogP contribution in [0.1, 0.15) is 51.7 Å². The molecule has 0 aliphatic heterocycles. The van der Waals surface area contributed by atoms with Crippen LogP contribution in [0, 0.1) is 0 Å². The van der Waals surface area contributed by atoms with Crippen molar-refractivity contribution in [3.8, 4) is 0 Å². The summed E-state index contributed by atoms with van der Waals surface area (Å²) in [6.07, 6.45) is -47.3. The quantitative estimate of drug-likeness (QED) is 0.160. The molecule has 50 heavy (non-hydrogen) atoms. The Morgan fingerprint density at radius 2 is 0.620 bits per heavy atom. The van der Waals surface area contributed by atoms with Crippen molar-refractivity contribution in [3.05, 3.63) is 106 Å². The van der Waals surface area contributed by atoms with Crippen molar-refractivity contribution in [2.45, 2.75) is 55.4 Å². The van der Waals surface area contributed by atoms with E-state index in [0.717, 1.165) is 0 Å². The van der Waals surface area contributed by atoms with Crippen molar-refractivity contribution in [1.82, 2.24) is 0 Å². The molecule has 0 spiro atoms. The van der Waals surface area contributed by atoms with Crippen molar-refractivity contribution in [1.29, 1.82) is 0 Å². The van der Waals surface area contributed by atoms with Crippen LogP contribution in [0.25, 0.3) is 0 Å². The van der Waals surface area contributed by atoms with Crippen molar-refractivity contribution < 1.29 is 97.2 Å². The van der Waals surface area contributed by atoms with Crippen LogP contribution in [0.3, 0.4) is 0 Å². The van der Waals surface area contributed by atoms with E-state index in [1.165, 1.54) is 0 Å². The summed E-state index contributed by atoms with van der Waals surface area (Å²) in [5, 5.41) is 0. The fourth-order valence-corrected chi connectivity index (χ4v) is 5.67. The molecule has 0 aliphatic rings. The molecule has 3 aromatic rings. The first kappa shape index (κ1) is 40.9. The van der Waals surface area contributed by atoms with Gasteiger partial charge in [0.1, 0.15) is 0 Å². The summed E-state index contributed by atoms with van der Waals surface area (Å²) in [6.45, 7) is 0. The Balaban J connectivity index is 2.31. The van der Waals surface area contributed by atoms with Gasteiger partial charge in [0.2, 0.25) is 0 Å². The predicted molar refractivity (Wildman–Crippen MR) is 132 cm³/mol. The normalized spacial score (nSPS) is 16.8. The molecule has 0 heterocycles. The Morgan fingerprint density at radius 1 is 0.400 bits per heavy atom. The number of phosphoric acid groups is 1. The van der Waals surface area contributed by atoms with Gasteiger partial charge in [-0.3, -0.25) is 13.6 Å². The largest absolute Gasteiger partial charge is 0.477 e. The molecule has 3 aromatic carbocycles. The summed E-state index contributed by atoms with van der Waals surface area (Å²) in [4.78, 5) is 0. The van der Waals surface area contributed by atoms with Crippen LogP contribution >= 0.6 is 7.82 Å². The summed E-state index contributed by atoms with van der Waals surface area (Å²) in [7, 11) is -7.34. The number of phosphoric ester groups is 1. The van der Waals surface area contributed by atoms with Crippen LogP contribution < -0.4 is 0 Å². The predicted octanol–water partition coefficient (Wildman–Crippen LogP) is 12.1. The number of alkyl halides is 18. The van der Waals surface area contributed by atoms with Gasteiger partial charge in [0.15, 0.2) is 18.3 Å². The van der Waals surface area contributed by atoms with Crippen LogP contribution in [-0.4, -0.2) is 18.5 Å². The smallest absolute Gasteiger partial charge is 0.269 e. The first-order valence-electron chi connectivity index (χ1n) is 12.8. The van der Waals surface area contributed by atoms with Gasteiger partial charge >= 0.3 is 44.9 Å². The van der Waals surface area contributed by atoms with Gasteiger partial charge in [-0.25, -0.2) is 4.57 Å². The SMILES string of the molecule is O=P(OC(c1cccc(C(F)(F)F)c1)C(F)(F)F)(OC(c1cccc(C(F)(F)F)c1)C(F)(F)F)OC(c1cccc(C(F)(F)F)c1)C(F)(F)F. The van der Waals surface area contributed by atoms with E-state index < -0.39 is 96.6 Å². The van der Waals surface area contributed by atoms with E-state index in [2.05, 4.69) is 13.6 Å². The molecule has 0 aliphatic carbocycles. The molecule has 0 saturated carbocycles. The zero-order valence-corrected chi connectivity index (χ0v) is 24.4. The second-order valence-electron chi connectivity index (χ2n) is 9.90. The third-order valence-electron chi connectivity index (χ3n) is 6.15. The lowest BCUT2D eigenvalue weighted by molar-refractivity contribution is -0.234. The Hall–Kier alpha value is -3.49. The van der Waals surface area contributed by atoms with E-state index in [9.17, 15) is 83.6 Å². The average Bonchev–Trinajstić information content (AvgIpc) is 2.95. The van der Waals surface area contributed by atoms with Gasteiger partial charge in [-0.2, -0.15) is 79.0 Å². The molecule has 0 saturated heterocycles. The highest BCUT2D eigenvalue weighted by molar-refractivity contribution is 7.48. The van der Waals surface area contributed by atoms with Crippen LogP contribution in [0.15, 0.2) is 72.8 Å². The number of hydrogen-bond acceptors (Lipinski definition) is 4. The molecule has 0 aromatic heterocycles. The lowest BCUT2D eigenvalue weighted by atomic mass is 10.1. The van der Waals surface area contributed by atoms with Crippen molar-refractivity contribution in [2.75, 3.05) is 0 Å². The van der Waals surface area contributed by atoms with Crippen LogP contribution in [-0.2, 0) is 36.7 Å². The highest BCUT2D eigenvalue weighted by atomic mass is 31.2. The molecule has 3 atom stereocenters. The Bertz CT molecular complexity index is 1480. The Morgan fingerprint density at radius 3 is 0.800 bits per heavy atom. The van der Waals surface area contributed by atoms with E-state index >= 15 is 0 Å². The number of rotatable bonds is 9. The summed E-state index contributed by atoms with van der Waals surface area (Å²) >= 11 is 0. The monoisotopic (exact) mass is 776 g/mol. The van der Waals surface area contributed by atoms with Crippen LogP contribution in [0.2, 0.25) is 0 Å². The second-order valence-corrected chi connectivity index (χ2v) is 11.4. The van der Waals surface area contributed by atoms with E-state index in [4.69, 9.17) is 0 Å². The molecule has 3 rings (SSSR count). The third-order valence-corrected chi connectivity index (χ3v) is 7.55. The van der Waals surface area contributed by atoms with Gasteiger partial charge in [-0.1, -0.05) is 36.4 Å². The van der Waals surface area contributed by atoms with Gasteiger partial charge in [-0.05, 0) is 53.1 Å². The standard InChI is InChI=1S/C27H15F18O4P/c28-22(29,30)16-7-1-4-13(10-16)19(25(37,38)39)47-50(46,48-20(26(40,41)42)14-5-2-8-17(11-14)23(31,32)33)49-21(27(43,44)45)15-6-3-9-18(12-15)24(34,35)36/h1-12,19-21H. The maximum absolute atomic E-state index is 14.2. The third kappa shape index (κ3) is 10.5. The van der Waals surface area contributed by atoms with E-state index in [0.29, 0.717) is 0 Å². The van der Waals surface area contributed by atoms with Crippen molar-refractivity contribution in [2.24, 2.45) is 0 Å². The maximum Gasteiger partial charge on any atom is 0.477 e. The van der Waals surface area contributed by atoms with Crippen molar-refractivity contribution in [3.63, 3.8) is 0 Å². The van der Waals surface area contributed by atoms with Gasteiger partial charge in [-0.15, -0.1) is 0 Å². The average molecular weight is 776 g/mol. The lowest BCUT2D eigenvalue weighted by Crippen LogP contribution is -2.30. The molecule has 4 nitrogen and oxygen atoms in total. The fourth-order valence-electron chi connectivity index (χ4n) is 4.02. The van der Waals surface area contributed by atoms with Crippen LogP contribution in [0.4, 0.5) is 79.0 Å². The molecular formula is C27H15F18O4P. The lowest BCUT2D eigenvalue weighted by Gasteiger charge is -2.32. The maximum atomic E-state index is 14.2. The minimum absolute atomic E-state index is 0.153. The summed E-state index contributed by atoms with van der Waals surface area (Å²) in [5.41, 5.74) is -10.9. The molecule has 0 radical (unpaired) electrons. The summed E-state index contributed by atoms with van der Waals surface area (Å²) in [6, 6.07) is 0.720. The Kier molecular flexibility index (Phi) is 11.4. The molecular weight excluding hydrogens is 761 g/mol. The van der Waals surface area contributed by atoms with Crippen molar-refractivity contribution >= 4 is 7.82 Å². The molecule has 3 unspecified atom stereocenters. The second kappa shape index (κ2) is 13.9. The van der Waals surface area contributed by atoms with Gasteiger partial charge < -0.3 is 0 Å². The highest BCUT2D eigenvalue weighted by Gasteiger charge is 2.56. The molecule has 0 bridgehead atoms. The first-order chi connectivity index (χ1) is 22.4. The number of benzene rings is 3. The molecule has 0 amide bonds. The van der Waals surface area contributed by atoms with Gasteiger partial charge in [0.25, 0.3) is 0 Å². The fraction of sp³-hybridized carbons (Fsp3) is 0.333. The number of halogens is 18. The summed E-state index contributed by atoms with van der Waals surface area (Å²) < 4.78 is 273. The van der Waals surface area contributed by atoms with Gasteiger partial charge in [0.05, 0.1) is 16.7 Å². The summed E-state index contributed by atoms with van der Waals surface area (Å²) in [5.74, 6) is 0. The zero-order valence-electron chi connectivity index (χ0n) is 23.5. The molecule has 278 valence electrons. The first-order valence-corrected chi connectivity index (χ1v) is 14.2. The molecule has 0 fully saturated rings. The molecule has 23 heteroatoms. The zero-order chi connectivity index (χ0) is 38.3. The van der Waals surface area contributed by atoms with E-state index in [1.54, 1.807) is 0 Å². The van der Waals surface area contributed by atoms with E-state index in [-0.39, 0.29) is 72.8 Å². The topological polar surface area (TPSA) is 44.8 Å². The highest BCUT2D eigenvalue weighted by Crippen LogP contribution is 2.64. The van der Waals surface area contributed by atoms with Crippen LogP contribution in [0.5, 0.6) is 0 Å². The minimum Gasteiger partial charge on any atom is -0.269 e. The van der Waals surface area contributed by atoms with Gasteiger partial charge in [0, 0.05) is 0 Å².